The van der Waals surface area contributed by atoms with Gasteiger partial charge in [0.15, 0.2) is 0 Å². The molecule has 118 valence electrons. The second-order valence-corrected chi connectivity index (χ2v) is 5.44. The molecule has 4 nitrogen and oxygen atoms in total. The molecule has 0 aliphatic rings. The third-order valence-electron chi connectivity index (χ3n) is 3.51. The van der Waals surface area contributed by atoms with Crippen molar-refractivity contribution >= 4 is 5.97 Å². The third kappa shape index (κ3) is 3.53. The molecule has 1 N–H and O–H groups in total. The number of benzene rings is 1. The van der Waals surface area contributed by atoms with Crippen LogP contribution >= 0.6 is 0 Å². The first kappa shape index (κ1) is 17.4. The zero-order valence-electron chi connectivity index (χ0n) is 13.1. The maximum absolute atomic E-state index is 14.2. The van der Waals surface area contributed by atoms with E-state index in [9.17, 15) is 14.3 Å². The SMILES string of the molecule is CCOC(=O)C(C(C)C)C(C)(O)c1c(F)cccc1OC. The molecule has 0 amide bonds. The highest BCUT2D eigenvalue weighted by Crippen LogP contribution is 2.41. The summed E-state index contributed by atoms with van der Waals surface area (Å²) in [5, 5.41) is 10.9. The van der Waals surface area contributed by atoms with E-state index >= 15 is 0 Å². The molecule has 1 aromatic rings. The normalized spacial score (nSPS) is 15.4. The Morgan fingerprint density at radius 3 is 2.52 bits per heavy atom. The highest BCUT2D eigenvalue weighted by molar-refractivity contribution is 5.75. The zero-order chi connectivity index (χ0) is 16.2. The summed E-state index contributed by atoms with van der Waals surface area (Å²) in [6, 6.07) is 4.27. The highest BCUT2D eigenvalue weighted by Gasteiger charge is 2.45. The molecule has 5 heteroatoms. The van der Waals surface area contributed by atoms with Gasteiger partial charge in [0.2, 0.25) is 0 Å². The molecule has 0 fully saturated rings. The molecule has 0 saturated carbocycles. The summed E-state index contributed by atoms with van der Waals surface area (Å²) in [5.41, 5.74) is -1.77. The maximum Gasteiger partial charge on any atom is 0.312 e. The lowest BCUT2D eigenvalue weighted by Gasteiger charge is -2.35. The number of methoxy groups -OCH3 is 1. The summed E-state index contributed by atoms with van der Waals surface area (Å²) in [6.07, 6.45) is 0. The van der Waals surface area contributed by atoms with E-state index in [1.807, 2.05) is 0 Å². The van der Waals surface area contributed by atoms with E-state index in [1.165, 1.54) is 26.2 Å². The predicted molar refractivity (Wildman–Crippen MR) is 77.5 cm³/mol. The minimum absolute atomic E-state index is 0.0285. The van der Waals surface area contributed by atoms with Crippen molar-refractivity contribution in [3.63, 3.8) is 0 Å². The fourth-order valence-corrected chi connectivity index (χ4v) is 2.70. The topological polar surface area (TPSA) is 55.8 Å². The molecule has 0 aliphatic carbocycles. The quantitative estimate of drug-likeness (QED) is 0.821. The van der Waals surface area contributed by atoms with Crippen LogP contribution in [-0.4, -0.2) is 24.8 Å². The number of rotatable bonds is 6. The summed E-state index contributed by atoms with van der Waals surface area (Å²) < 4.78 is 24.4. The molecule has 21 heavy (non-hydrogen) atoms. The minimum atomic E-state index is -1.74. The molecular formula is C16H23FO4. The molecule has 0 heterocycles. The Kier molecular flexibility index (Phi) is 5.72. The molecule has 1 aromatic carbocycles. The number of halogens is 1. The largest absolute Gasteiger partial charge is 0.496 e. The number of aliphatic hydroxyl groups is 1. The van der Waals surface area contributed by atoms with E-state index in [2.05, 4.69) is 0 Å². The van der Waals surface area contributed by atoms with Gasteiger partial charge in [-0.05, 0) is 31.9 Å². The number of hydrogen-bond acceptors (Lipinski definition) is 4. The van der Waals surface area contributed by atoms with Crippen LogP contribution in [-0.2, 0) is 15.1 Å². The lowest BCUT2D eigenvalue weighted by Crippen LogP contribution is -2.42. The van der Waals surface area contributed by atoms with E-state index in [1.54, 1.807) is 26.8 Å². The van der Waals surface area contributed by atoms with Gasteiger partial charge in [-0.2, -0.15) is 0 Å². The number of carbonyl (C=O) groups excluding carboxylic acids is 1. The van der Waals surface area contributed by atoms with Crippen LogP contribution in [0.5, 0.6) is 5.75 Å². The highest BCUT2D eigenvalue weighted by atomic mass is 19.1. The molecule has 1 rings (SSSR count). The molecule has 0 aromatic heterocycles. The van der Waals surface area contributed by atoms with Crippen molar-refractivity contribution in [2.75, 3.05) is 13.7 Å². The Morgan fingerprint density at radius 2 is 2.05 bits per heavy atom. The van der Waals surface area contributed by atoms with Crippen molar-refractivity contribution in [1.29, 1.82) is 0 Å². The van der Waals surface area contributed by atoms with Crippen LogP contribution in [0.4, 0.5) is 4.39 Å². The standard InChI is InChI=1S/C16H23FO4/c1-6-21-15(18)13(10(2)3)16(4,19)14-11(17)8-7-9-12(14)20-5/h7-10,13,19H,6H2,1-5H3. The summed E-state index contributed by atoms with van der Waals surface area (Å²) in [6.45, 7) is 6.86. The summed E-state index contributed by atoms with van der Waals surface area (Å²) in [5.74, 6) is -2.10. The minimum Gasteiger partial charge on any atom is -0.496 e. The Balaban J connectivity index is 3.39. The van der Waals surface area contributed by atoms with Gasteiger partial charge in [-0.1, -0.05) is 19.9 Å². The molecular weight excluding hydrogens is 275 g/mol. The predicted octanol–water partition coefficient (Wildman–Crippen LogP) is 2.88. The number of esters is 1. The average molecular weight is 298 g/mol. The maximum atomic E-state index is 14.2. The number of hydrogen-bond donors (Lipinski definition) is 1. The Bertz CT molecular complexity index is 497. The van der Waals surface area contributed by atoms with E-state index in [0.29, 0.717) is 0 Å². The van der Waals surface area contributed by atoms with Crippen molar-refractivity contribution in [3.8, 4) is 5.75 Å². The van der Waals surface area contributed by atoms with Gasteiger partial charge in [-0.15, -0.1) is 0 Å². The molecule has 2 atom stereocenters. The first-order chi connectivity index (χ1) is 9.77. The Labute approximate surface area is 124 Å². The van der Waals surface area contributed by atoms with Crippen molar-refractivity contribution in [2.24, 2.45) is 11.8 Å². The van der Waals surface area contributed by atoms with Crippen LogP contribution in [0.15, 0.2) is 18.2 Å². The van der Waals surface area contributed by atoms with Crippen LogP contribution < -0.4 is 4.74 Å². The Morgan fingerprint density at radius 1 is 1.43 bits per heavy atom. The van der Waals surface area contributed by atoms with E-state index in [0.717, 1.165) is 0 Å². The summed E-state index contributed by atoms with van der Waals surface area (Å²) in [4.78, 5) is 12.2. The molecule has 0 aliphatic heterocycles. The first-order valence-electron chi connectivity index (χ1n) is 6.99. The van der Waals surface area contributed by atoms with Crippen molar-refractivity contribution in [2.45, 2.75) is 33.3 Å². The van der Waals surface area contributed by atoms with E-state index in [-0.39, 0.29) is 23.8 Å². The van der Waals surface area contributed by atoms with Gasteiger partial charge in [0.05, 0.1) is 25.2 Å². The van der Waals surface area contributed by atoms with Gasteiger partial charge < -0.3 is 14.6 Å². The Hall–Kier alpha value is -1.62. The summed E-state index contributed by atoms with van der Waals surface area (Å²) >= 11 is 0. The monoisotopic (exact) mass is 298 g/mol. The van der Waals surface area contributed by atoms with Crippen LogP contribution in [0.1, 0.15) is 33.3 Å². The molecule has 0 radical (unpaired) electrons. The fourth-order valence-electron chi connectivity index (χ4n) is 2.70. The van der Waals surface area contributed by atoms with Gasteiger partial charge in [-0.25, -0.2) is 4.39 Å². The number of carbonyl (C=O) groups is 1. The van der Waals surface area contributed by atoms with E-state index in [4.69, 9.17) is 9.47 Å². The second kappa shape index (κ2) is 6.89. The van der Waals surface area contributed by atoms with Gasteiger partial charge >= 0.3 is 5.97 Å². The molecule has 0 spiro atoms. The van der Waals surface area contributed by atoms with Gasteiger partial charge in [0.1, 0.15) is 17.2 Å². The molecule has 2 unspecified atom stereocenters. The van der Waals surface area contributed by atoms with Gasteiger partial charge in [0.25, 0.3) is 0 Å². The van der Waals surface area contributed by atoms with Crippen molar-refractivity contribution in [3.05, 3.63) is 29.6 Å². The fraction of sp³-hybridized carbons (Fsp3) is 0.562. The van der Waals surface area contributed by atoms with Gasteiger partial charge in [-0.3, -0.25) is 4.79 Å². The molecule has 0 saturated heterocycles. The zero-order valence-corrected chi connectivity index (χ0v) is 13.1. The lowest BCUT2D eigenvalue weighted by atomic mass is 9.76. The first-order valence-corrected chi connectivity index (χ1v) is 6.99. The van der Waals surface area contributed by atoms with Crippen LogP contribution in [0.3, 0.4) is 0 Å². The smallest absolute Gasteiger partial charge is 0.312 e. The third-order valence-corrected chi connectivity index (χ3v) is 3.51. The molecule has 0 bridgehead atoms. The van der Waals surface area contributed by atoms with Crippen LogP contribution in [0.25, 0.3) is 0 Å². The van der Waals surface area contributed by atoms with Crippen LogP contribution in [0.2, 0.25) is 0 Å². The van der Waals surface area contributed by atoms with Crippen LogP contribution in [0, 0.1) is 17.7 Å². The number of ether oxygens (including phenoxy) is 2. The second-order valence-electron chi connectivity index (χ2n) is 5.44. The lowest BCUT2D eigenvalue weighted by molar-refractivity contribution is -0.161. The van der Waals surface area contributed by atoms with Crippen molar-refractivity contribution in [1.82, 2.24) is 0 Å². The summed E-state index contributed by atoms with van der Waals surface area (Å²) in [7, 11) is 1.39. The average Bonchev–Trinajstić information content (AvgIpc) is 2.37. The van der Waals surface area contributed by atoms with E-state index < -0.39 is 23.3 Å². The van der Waals surface area contributed by atoms with Gasteiger partial charge in [0, 0.05) is 0 Å². The van der Waals surface area contributed by atoms with Crippen molar-refractivity contribution < 1.29 is 23.8 Å².